The molecule has 1 aromatic heterocycles. The van der Waals surface area contributed by atoms with Crippen molar-refractivity contribution >= 4 is 11.3 Å². The van der Waals surface area contributed by atoms with Crippen molar-refractivity contribution in [1.29, 1.82) is 5.26 Å². The van der Waals surface area contributed by atoms with Crippen LogP contribution in [0.25, 0.3) is 5.57 Å². The van der Waals surface area contributed by atoms with Crippen LogP contribution in [-0.2, 0) is 0 Å². The van der Waals surface area contributed by atoms with Crippen LogP contribution in [0.3, 0.4) is 0 Å². The van der Waals surface area contributed by atoms with Gasteiger partial charge in [0.15, 0.2) is 0 Å². The lowest BCUT2D eigenvalue weighted by Gasteiger charge is -2.04. The van der Waals surface area contributed by atoms with Gasteiger partial charge in [0.05, 0.1) is 5.69 Å². The van der Waals surface area contributed by atoms with Gasteiger partial charge in [0.1, 0.15) is 23.1 Å². The molecule has 0 radical (unpaired) electrons. The summed E-state index contributed by atoms with van der Waals surface area (Å²) in [5, 5.41) is 43.2. The van der Waals surface area contributed by atoms with Crippen molar-refractivity contribution in [1.82, 2.24) is 20.6 Å². The SMILES string of the molecule is N#CC(=CNc1cc(O)ccc1O)c1nn[nH]n1. The molecule has 8 heteroatoms. The molecule has 1 heterocycles. The summed E-state index contributed by atoms with van der Waals surface area (Å²) in [5.41, 5.74) is 0.387. The molecule has 90 valence electrons. The first-order chi connectivity index (χ1) is 8.70. The molecule has 1 aromatic carbocycles. The zero-order chi connectivity index (χ0) is 13.0. The van der Waals surface area contributed by atoms with E-state index < -0.39 is 0 Å². The Balaban J connectivity index is 2.24. The number of allylic oxidation sites excluding steroid dienone is 1. The molecule has 0 amide bonds. The minimum absolute atomic E-state index is 0.0123. The average molecular weight is 244 g/mol. The second-order valence-electron chi connectivity index (χ2n) is 3.25. The number of aromatic amines is 1. The predicted molar refractivity (Wildman–Crippen MR) is 61.2 cm³/mol. The third-order valence-electron chi connectivity index (χ3n) is 2.06. The first-order valence-corrected chi connectivity index (χ1v) is 4.83. The van der Waals surface area contributed by atoms with E-state index in [-0.39, 0.29) is 28.6 Å². The van der Waals surface area contributed by atoms with Gasteiger partial charge in [-0.3, -0.25) is 0 Å². The Hall–Kier alpha value is -3.08. The maximum absolute atomic E-state index is 9.52. The van der Waals surface area contributed by atoms with E-state index in [0.29, 0.717) is 0 Å². The van der Waals surface area contributed by atoms with Gasteiger partial charge in [-0.2, -0.15) is 10.5 Å². The van der Waals surface area contributed by atoms with Crippen LogP contribution >= 0.6 is 0 Å². The maximum atomic E-state index is 9.52. The highest BCUT2D eigenvalue weighted by molar-refractivity contribution is 5.75. The van der Waals surface area contributed by atoms with E-state index in [1.165, 1.54) is 24.4 Å². The molecule has 18 heavy (non-hydrogen) atoms. The predicted octanol–water partition coefficient (Wildman–Crippen LogP) is 0.587. The molecule has 0 spiro atoms. The highest BCUT2D eigenvalue weighted by Gasteiger charge is 2.06. The molecule has 0 fully saturated rings. The quantitative estimate of drug-likeness (QED) is 0.353. The third kappa shape index (κ3) is 2.35. The molecule has 8 nitrogen and oxygen atoms in total. The number of aromatic hydroxyl groups is 2. The Morgan fingerprint density at radius 2 is 2.28 bits per heavy atom. The largest absolute Gasteiger partial charge is 0.508 e. The molecule has 2 rings (SSSR count). The molecule has 0 saturated heterocycles. The standard InChI is InChI=1S/C10H8N6O2/c11-4-6(10-13-15-16-14-10)5-12-8-3-7(17)1-2-9(8)18/h1-3,5,12,17-18H,(H,13,14,15,16). The van der Waals surface area contributed by atoms with Gasteiger partial charge in [-0.15, -0.1) is 10.2 Å². The summed E-state index contributed by atoms with van der Waals surface area (Å²) in [7, 11) is 0. The van der Waals surface area contributed by atoms with E-state index >= 15 is 0 Å². The van der Waals surface area contributed by atoms with Crippen molar-refractivity contribution < 1.29 is 10.2 Å². The van der Waals surface area contributed by atoms with Gasteiger partial charge in [0, 0.05) is 12.3 Å². The van der Waals surface area contributed by atoms with Gasteiger partial charge < -0.3 is 15.5 Å². The maximum Gasteiger partial charge on any atom is 0.216 e. The minimum Gasteiger partial charge on any atom is -0.508 e. The minimum atomic E-state index is -0.0607. The highest BCUT2D eigenvalue weighted by atomic mass is 16.3. The molecule has 0 aliphatic rings. The Labute approximate surface area is 101 Å². The average Bonchev–Trinajstić information content (AvgIpc) is 2.88. The summed E-state index contributed by atoms with van der Waals surface area (Å²) < 4.78 is 0. The van der Waals surface area contributed by atoms with Crippen LogP contribution in [0.5, 0.6) is 11.5 Å². The fourth-order valence-corrected chi connectivity index (χ4v) is 1.21. The molecule has 0 unspecified atom stereocenters. The monoisotopic (exact) mass is 244 g/mol. The van der Waals surface area contributed by atoms with E-state index in [0.717, 1.165) is 0 Å². The van der Waals surface area contributed by atoms with E-state index in [4.69, 9.17) is 5.26 Å². The van der Waals surface area contributed by atoms with E-state index in [1.807, 2.05) is 6.07 Å². The summed E-state index contributed by atoms with van der Waals surface area (Å²) in [6.07, 6.45) is 1.30. The van der Waals surface area contributed by atoms with Crippen LogP contribution in [0.4, 0.5) is 5.69 Å². The number of phenols is 2. The summed E-state index contributed by atoms with van der Waals surface area (Å²) in [6.45, 7) is 0. The van der Waals surface area contributed by atoms with Crippen molar-refractivity contribution in [3.8, 4) is 17.6 Å². The van der Waals surface area contributed by atoms with Crippen molar-refractivity contribution in [3.05, 3.63) is 30.2 Å². The smallest absolute Gasteiger partial charge is 0.216 e. The summed E-state index contributed by atoms with van der Waals surface area (Å²) in [4.78, 5) is 0. The number of anilines is 1. The summed E-state index contributed by atoms with van der Waals surface area (Å²) >= 11 is 0. The number of nitrogens with zero attached hydrogens (tertiary/aromatic N) is 4. The Bertz CT molecular complexity index is 614. The van der Waals surface area contributed by atoms with E-state index in [1.54, 1.807) is 0 Å². The number of phenolic OH excluding ortho intramolecular Hbond substituents is 2. The van der Waals surface area contributed by atoms with Gasteiger partial charge in [-0.25, -0.2) is 0 Å². The molecule has 0 atom stereocenters. The van der Waals surface area contributed by atoms with E-state index in [9.17, 15) is 10.2 Å². The number of benzene rings is 1. The summed E-state index contributed by atoms with van der Waals surface area (Å²) in [6, 6.07) is 5.86. The van der Waals surface area contributed by atoms with Crippen LogP contribution < -0.4 is 5.32 Å². The topological polar surface area (TPSA) is 131 Å². The van der Waals surface area contributed by atoms with Crippen LogP contribution in [0.2, 0.25) is 0 Å². The molecular formula is C10H8N6O2. The fraction of sp³-hybridized carbons (Fsp3) is 0. The van der Waals surface area contributed by atoms with Crippen LogP contribution in [0.1, 0.15) is 5.82 Å². The normalized spacial score (nSPS) is 10.9. The second kappa shape index (κ2) is 4.84. The van der Waals surface area contributed by atoms with Crippen molar-refractivity contribution in [3.63, 3.8) is 0 Å². The lowest BCUT2D eigenvalue weighted by Crippen LogP contribution is -1.93. The molecule has 4 N–H and O–H groups in total. The molecule has 2 aromatic rings. The zero-order valence-corrected chi connectivity index (χ0v) is 8.99. The van der Waals surface area contributed by atoms with Gasteiger partial charge >= 0.3 is 0 Å². The number of H-pyrrole nitrogens is 1. The molecule has 0 saturated carbocycles. The number of tetrazole rings is 1. The zero-order valence-electron chi connectivity index (χ0n) is 8.99. The molecule has 0 bridgehead atoms. The van der Waals surface area contributed by atoms with Crippen LogP contribution in [0, 0.1) is 11.3 Å². The van der Waals surface area contributed by atoms with Gasteiger partial charge in [0.25, 0.3) is 0 Å². The van der Waals surface area contributed by atoms with Gasteiger partial charge in [-0.05, 0) is 17.3 Å². The molecular weight excluding hydrogens is 236 g/mol. The van der Waals surface area contributed by atoms with Crippen molar-refractivity contribution in [2.24, 2.45) is 0 Å². The fourth-order valence-electron chi connectivity index (χ4n) is 1.21. The van der Waals surface area contributed by atoms with Crippen LogP contribution in [0.15, 0.2) is 24.4 Å². The summed E-state index contributed by atoms with van der Waals surface area (Å²) in [5.74, 6) is 0.0564. The van der Waals surface area contributed by atoms with Crippen molar-refractivity contribution in [2.75, 3.05) is 5.32 Å². The number of hydrogen-bond donors (Lipinski definition) is 4. The Kier molecular flexibility index (Phi) is 3.06. The van der Waals surface area contributed by atoms with Gasteiger partial charge in [0.2, 0.25) is 5.82 Å². The number of nitriles is 1. The van der Waals surface area contributed by atoms with Crippen molar-refractivity contribution in [2.45, 2.75) is 0 Å². The number of rotatable bonds is 3. The third-order valence-corrected chi connectivity index (χ3v) is 2.06. The van der Waals surface area contributed by atoms with Gasteiger partial charge in [-0.1, -0.05) is 0 Å². The molecule has 0 aliphatic heterocycles. The van der Waals surface area contributed by atoms with E-state index in [2.05, 4.69) is 25.9 Å². The first kappa shape index (κ1) is 11.4. The second-order valence-corrected chi connectivity index (χ2v) is 3.25. The lowest BCUT2D eigenvalue weighted by atomic mass is 10.2. The lowest BCUT2D eigenvalue weighted by molar-refractivity contribution is 0.462. The number of hydrogen-bond acceptors (Lipinski definition) is 7. The first-order valence-electron chi connectivity index (χ1n) is 4.83. The molecule has 0 aliphatic carbocycles. The Morgan fingerprint density at radius 3 is 2.94 bits per heavy atom. The number of aromatic nitrogens is 4. The number of nitrogens with one attached hydrogen (secondary N) is 2. The van der Waals surface area contributed by atoms with Crippen LogP contribution in [-0.4, -0.2) is 30.8 Å². The Morgan fingerprint density at radius 1 is 1.44 bits per heavy atom. The highest BCUT2D eigenvalue weighted by Crippen LogP contribution is 2.27.